The summed E-state index contributed by atoms with van der Waals surface area (Å²) >= 11 is 1.24. The van der Waals surface area contributed by atoms with Crippen LogP contribution in [0.3, 0.4) is 0 Å². The lowest BCUT2D eigenvalue weighted by molar-refractivity contribution is -0.229. The Morgan fingerprint density at radius 2 is 1.39 bits per heavy atom. The molecule has 1 heterocycles. The van der Waals surface area contributed by atoms with E-state index in [1.54, 1.807) is 31.2 Å². The van der Waals surface area contributed by atoms with Gasteiger partial charge in [-0.2, -0.15) is 0 Å². The lowest BCUT2D eigenvalue weighted by Crippen LogP contribution is -2.59. The average Bonchev–Trinajstić information content (AvgIpc) is 2.61. The summed E-state index contributed by atoms with van der Waals surface area (Å²) in [5.74, 6) is -1.77. The van der Waals surface area contributed by atoms with Gasteiger partial charge in [-0.05, 0) is 19.1 Å². The van der Waals surface area contributed by atoms with E-state index in [1.165, 1.54) is 32.5 Å². The molecule has 0 radical (unpaired) electrons. The van der Waals surface area contributed by atoms with Crippen LogP contribution in [0.1, 0.15) is 38.1 Å². The van der Waals surface area contributed by atoms with Gasteiger partial charge in [0, 0.05) is 31.2 Å². The fourth-order valence-corrected chi connectivity index (χ4v) is 3.96. The van der Waals surface area contributed by atoms with E-state index in [-0.39, 0.29) is 0 Å². The van der Waals surface area contributed by atoms with Gasteiger partial charge in [-0.25, -0.2) is 0 Å². The molecule has 0 saturated carbocycles. The van der Waals surface area contributed by atoms with Crippen LogP contribution in [0, 0.1) is 0 Å². The minimum absolute atomic E-state index is 0.520. The lowest BCUT2D eigenvalue weighted by Gasteiger charge is -2.43. The normalized spacial score (nSPS) is 26.8. The van der Waals surface area contributed by atoms with Crippen molar-refractivity contribution in [3.05, 3.63) is 29.8 Å². The van der Waals surface area contributed by atoms with Crippen LogP contribution in [-0.4, -0.2) is 54.0 Å². The molecule has 28 heavy (non-hydrogen) atoms. The number of ether oxygens (including phenoxy) is 4. The van der Waals surface area contributed by atoms with Crippen LogP contribution in [0.5, 0.6) is 0 Å². The molecule has 9 heteroatoms. The molecule has 5 atom stereocenters. The number of aldehydes is 1. The predicted octanol–water partition coefficient (Wildman–Crippen LogP) is 2.13. The van der Waals surface area contributed by atoms with Crippen molar-refractivity contribution in [3.8, 4) is 0 Å². The molecule has 1 fully saturated rings. The van der Waals surface area contributed by atoms with E-state index in [2.05, 4.69) is 0 Å². The molecule has 0 spiro atoms. The van der Waals surface area contributed by atoms with E-state index in [9.17, 15) is 19.2 Å². The summed E-state index contributed by atoms with van der Waals surface area (Å²) in [6, 6.07) is 6.75. The molecule has 0 bridgehead atoms. The number of rotatable bonds is 6. The van der Waals surface area contributed by atoms with Crippen LogP contribution in [0.4, 0.5) is 0 Å². The highest BCUT2D eigenvalue weighted by Crippen LogP contribution is 2.37. The van der Waals surface area contributed by atoms with Crippen LogP contribution >= 0.6 is 11.8 Å². The Kier molecular flexibility index (Phi) is 7.59. The van der Waals surface area contributed by atoms with Crippen molar-refractivity contribution in [1.29, 1.82) is 0 Å². The van der Waals surface area contributed by atoms with Crippen molar-refractivity contribution >= 4 is 36.0 Å². The number of hydrogen-bond donors (Lipinski definition) is 0. The smallest absolute Gasteiger partial charge is 0.303 e. The van der Waals surface area contributed by atoms with Gasteiger partial charge in [-0.1, -0.05) is 23.9 Å². The first-order chi connectivity index (χ1) is 13.2. The molecule has 8 nitrogen and oxygen atoms in total. The first-order valence-electron chi connectivity index (χ1n) is 8.60. The van der Waals surface area contributed by atoms with Crippen molar-refractivity contribution < 1.29 is 38.1 Å². The molecule has 0 N–H and O–H groups in total. The van der Waals surface area contributed by atoms with Crippen LogP contribution < -0.4 is 0 Å². The molecule has 2 rings (SSSR count). The summed E-state index contributed by atoms with van der Waals surface area (Å²) in [4.78, 5) is 46.4. The topological polar surface area (TPSA) is 105 Å². The Labute approximate surface area is 166 Å². The standard InChI is InChI=1S/C19H22O8S/c1-10-16(25-11(2)21)17(26-12(3)22)18(27-13(4)23)19(24-10)28-15-7-5-14(9-20)6-8-15/h5-10,16-19H,1-4H3/t10-,16-,17+,18+,19-/m0/s1. The molecular weight excluding hydrogens is 388 g/mol. The highest BCUT2D eigenvalue weighted by atomic mass is 32.2. The first kappa shape index (κ1) is 21.9. The molecule has 0 amide bonds. The van der Waals surface area contributed by atoms with Gasteiger partial charge >= 0.3 is 17.9 Å². The van der Waals surface area contributed by atoms with E-state index >= 15 is 0 Å². The predicted molar refractivity (Wildman–Crippen MR) is 98.7 cm³/mol. The first-order valence-corrected chi connectivity index (χ1v) is 9.48. The van der Waals surface area contributed by atoms with Crippen molar-refractivity contribution in [2.24, 2.45) is 0 Å². The minimum atomic E-state index is -1.03. The van der Waals surface area contributed by atoms with Crippen molar-refractivity contribution in [2.75, 3.05) is 0 Å². The van der Waals surface area contributed by atoms with Gasteiger partial charge in [0.25, 0.3) is 0 Å². The maximum absolute atomic E-state index is 11.7. The van der Waals surface area contributed by atoms with Gasteiger partial charge in [0.15, 0.2) is 18.3 Å². The van der Waals surface area contributed by atoms with Crippen molar-refractivity contribution in [2.45, 2.75) is 62.4 Å². The van der Waals surface area contributed by atoms with Crippen LogP contribution in [0.25, 0.3) is 0 Å². The summed E-state index contributed by atoms with van der Waals surface area (Å²) in [5, 5.41) is 0. The van der Waals surface area contributed by atoms with Gasteiger partial charge in [-0.3, -0.25) is 19.2 Å². The molecule has 1 aliphatic rings. The Bertz CT molecular complexity index is 732. The molecule has 0 unspecified atom stereocenters. The highest BCUT2D eigenvalue weighted by Gasteiger charge is 2.50. The molecule has 0 aromatic heterocycles. The zero-order chi connectivity index (χ0) is 20.8. The Morgan fingerprint density at radius 3 is 1.89 bits per heavy atom. The third kappa shape index (κ3) is 5.80. The number of carbonyl (C=O) groups is 4. The SMILES string of the molecule is CC(=O)O[C@@H]1[C@@H](OC(C)=O)[C@H](C)O[C@@H](Sc2ccc(C=O)cc2)[C@@H]1OC(C)=O. The summed E-state index contributed by atoms with van der Waals surface area (Å²) in [6.45, 7) is 5.35. The van der Waals surface area contributed by atoms with Gasteiger partial charge < -0.3 is 18.9 Å². The lowest BCUT2D eigenvalue weighted by atomic mass is 10.00. The van der Waals surface area contributed by atoms with E-state index in [1.807, 2.05) is 0 Å². The third-order valence-corrected chi connectivity index (χ3v) is 5.06. The zero-order valence-electron chi connectivity index (χ0n) is 15.9. The van der Waals surface area contributed by atoms with E-state index in [0.717, 1.165) is 11.2 Å². The van der Waals surface area contributed by atoms with Crippen LogP contribution in [0.15, 0.2) is 29.2 Å². The fraction of sp³-hybridized carbons (Fsp3) is 0.474. The summed E-state index contributed by atoms with van der Waals surface area (Å²) in [7, 11) is 0. The maximum atomic E-state index is 11.7. The van der Waals surface area contributed by atoms with Gasteiger partial charge in [0.1, 0.15) is 11.7 Å². The number of benzene rings is 1. The second-order valence-electron chi connectivity index (χ2n) is 6.24. The van der Waals surface area contributed by atoms with E-state index < -0.39 is 47.8 Å². The van der Waals surface area contributed by atoms with Gasteiger partial charge in [0.05, 0.1) is 6.10 Å². The molecule has 1 aromatic carbocycles. The largest absolute Gasteiger partial charge is 0.456 e. The monoisotopic (exact) mass is 410 g/mol. The summed E-state index contributed by atoms with van der Waals surface area (Å²) < 4.78 is 22.0. The molecule has 1 aliphatic heterocycles. The quantitative estimate of drug-likeness (QED) is 0.396. The van der Waals surface area contributed by atoms with Gasteiger partial charge in [0.2, 0.25) is 0 Å². The van der Waals surface area contributed by atoms with E-state index in [4.69, 9.17) is 18.9 Å². The number of esters is 3. The Morgan fingerprint density at radius 1 is 0.893 bits per heavy atom. The summed E-state index contributed by atoms with van der Waals surface area (Å²) in [5.41, 5.74) is -0.205. The zero-order valence-corrected chi connectivity index (χ0v) is 16.8. The van der Waals surface area contributed by atoms with E-state index in [0.29, 0.717) is 5.56 Å². The minimum Gasteiger partial charge on any atom is -0.456 e. The molecular formula is C19H22O8S. The van der Waals surface area contributed by atoms with Crippen molar-refractivity contribution in [3.63, 3.8) is 0 Å². The summed E-state index contributed by atoms with van der Waals surface area (Å²) in [6.07, 6.45) is -2.85. The maximum Gasteiger partial charge on any atom is 0.303 e. The number of carbonyl (C=O) groups excluding carboxylic acids is 4. The Balaban J connectivity index is 2.33. The molecule has 1 saturated heterocycles. The molecule has 152 valence electrons. The molecule has 1 aromatic rings. The second-order valence-corrected chi connectivity index (χ2v) is 7.41. The van der Waals surface area contributed by atoms with Crippen molar-refractivity contribution in [1.82, 2.24) is 0 Å². The highest BCUT2D eigenvalue weighted by molar-refractivity contribution is 7.99. The average molecular weight is 410 g/mol. The number of thioether (sulfide) groups is 1. The number of hydrogen-bond acceptors (Lipinski definition) is 9. The van der Waals surface area contributed by atoms with Gasteiger partial charge in [-0.15, -0.1) is 0 Å². The fourth-order valence-electron chi connectivity index (χ4n) is 2.82. The third-order valence-electron chi connectivity index (χ3n) is 3.90. The van der Waals surface area contributed by atoms with Crippen LogP contribution in [0.2, 0.25) is 0 Å². The van der Waals surface area contributed by atoms with Crippen LogP contribution in [-0.2, 0) is 33.3 Å². The molecule has 0 aliphatic carbocycles. The Hall–Kier alpha value is -2.39. The second kappa shape index (κ2) is 9.70.